The van der Waals surface area contributed by atoms with Gasteiger partial charge in [0.2, 0.25) is 0 Å². The van der Waals surface area contributed by atoms with Crippen molar-refractivity contribution in [3.8, 4) is 0 Å². The Labute approximate surface area is 111 Å². The first-order chi connectivity index (χ1) is 7.99. The van der Waals surface area contributed by atoms with E-state index >= 15 is 0 Å². The Morgan fingerprint density at radius 3 is 2.71 bits per heavy atom. The molecule has 7 heteroatoms. The van der Waals surface area contributed by atoms with Crippen LogP contribution in [0.15, 0.2) is 22.6 Å². The lowest BCUT2D eigenvalue weighted by atomic mass is 10.2. The monoisotopic (exact) mass is 291 g/mol. The zero-order valence-corrected chi connectivity index (χ0v) is 11.0. The van der Waals surface area contributed by atoms with Crippen LogP contribution in [0.5, 0.6) is 0 Å². The summed E-state index contributed by atoms with van der Waals surface area (Å²) < 4.78 is 5.70. The third-order valence-corrected chi connectivity index (χ3v) is 4.37. The van der Waals surface area contributed by atoms with E-state index in [4.69, 9.17) is 27.6 Å². The standard InChI is InChI=1S/C10H7Cl2NO3S/c1-5-4-7(17-10(5)12)9(11)6-2-3-8(16-6)13(14)15/h2-4,9H,1H3. The van der Waals surface area contributed by atoms with Crippen molar-refractivity contribution < 1.29 is 9.34 Å². The van der Waals surface area contributed by atoms with Gasteiger partial charge < -0.3 is 4.42 Å². The molecule has 0 amide bonds. The topological polar surface area (TPSA) is 56.3 Å². The molecule has 0 aliphatic carbocycles. The highest BCUT2D eigenvalue weighted by molar-refractivity contribution is 7.16. The van der Waals surface area contributed by atoms with Crippen LogP contribution in [-0.4, -0.2) is 4.92 Å². The lowest BCUT2D eigenvalue weighted by molar-refractivity contribution is -0.402. The van der Waals surface area contributed by atoms with Crippen LogP contribution in [0, 0.1) is 17.0 Å². The van der Waals surface area contributed by atoms with Gasteiger partial charge in [0.25, 0.3) is 0 Å². The van der Waals surface area contributed by atoms with E-state index in [0.717, 1.165) is 10.4 Å². The maximum Gasteiger partial charge on any atom is 0.433 e. The van der Waals surface area contributed by atoms with E-state index in [1.807, 2.05) is 13.0 Å². The van der Waals surface area contributed by atoms with Gasteiger partial charge in [-0.25, -0.2) is 0 Å². The lowest BCUT2D eigenvalue weighted by Gasteiger charge is -2.01. The average molecular weight is 292 g/mol. The fraction of sp³-hybridized carbons (Fsp3) is 0.200. The summed E-state index contributed by atoms with van der Waals surface area (Å²) in [4.78, 5) is 10.7. The molecule has 0 bridgehead atoms. The summed E-state index contributed by atoms with van der Waals surface area (Å²) in [7, 11) is 0. The van der Waals surface area contributed by atoms with E-state index in [1.165, 1.54) is 23.5 Å². The summed E-state index contributed by atoms with van der Waals surface area (Å²) in [5, 5.41) is 9.93. The van der Waals surface area contributed by atoms with E-state index < -0.39 is 10.3 Å². The predicted octanol–water partition coefficient (Wildman–Crippen LogP) is 4.54. The molecule has 0 aromatic carbocycles. The molecule has 0 aliphatic heterocycles. The van der Waals surface area contributed by atoms with Crippen LogP contribution in [0.2, 0.25) is 4.34 Å². The van der Waals surface area contributed by atoms with E-state index in [9.17, 15) is 10.1 Å². The first-order valence-corrected chi connectivity index (χ1v) is 6.26. The normalized spacial score (nSPS) is 12.6. The Morgan fingerprint density at radius 1 is 1.53 bits per heavy atom. The maximum atomic E-state index is 10.5. The van der Waals surface area contributed by atoms with Crippen molar-refractivity contribution >= 4 is 40.4 Å². The molecule has 0 saturated carbocycles. The van der Waals surface area contributed by atoms with Gasteiger partial charge in [0, 0.05) is 4.88 Å². The number of thiophene rings is 1. The molecule has 4 nitrogen and oxygen atoms in total. The number of hydrogen-bond acceptors (Lipinski definition) is 4. The molecule has 0 aliphatic rings. The predicted molar refractivity (Wildman–Crippen MR) is 67.1 cm³/mol. The number of halogens is 2. The second-order valence-electron chi connectivity index (χ2n) is 3.40. The Kier molecular flexibility index (Phi) is 3.42. The number of aryl methyl sites for hydroxylation is 1. The highest BCUT2D eigenvalue weighted by Crippen LogP contribution is 2.38. The second kappa shape index (κ2) is 4.68. The van der Waals surface area contributed by atoms with E-state index in [1.54, 1.807) is 0 Å². The Balaban J connectivity index is 2.30. The molecule has 1 unspecified atom stereocenters. The highest BCUT2D eigenvalue weighted by atomic mass is 35.5. The minimum atomic E-state index is -0.597. The van der Waals surface area contributed by atoms with Crippen molar-refractivity contribution in [2.24, 2.45) is 0 Å². The first kappa shape index (κ1) is 12.4. The van der Waals surface area contributed by atoms with Crippen LogP contribution >= 0.6 is 34.5 Å². The fourth-order valence-electron chi connectivity index (χ4n) is 1.33. The molecule has 0 radical (unpaired) electrons. The lowest BCUT2D eigenvalue weighted by Crippen LogP contribution is -1.87. The summed E-state index contributed by atoms with van der Waals surface area (Å²) in [5.41, 5.74) is 0.929. The van der Waals surface area contributed by atoms with Crippen molar-refractivity contribution in [2.45, 2.75) is 12.3 Å². The van der Waals surface area contributed by atoms with Gasteiger partial charge in [-0.05, 0) is 24.6 Å². The summed E-state index contributed by atoms with van der Waals surface area (Å²) >= 11 is 13.4. The Bertz CT molecular complexity index is 544. The number of hydrogen-bond donors (Lipinski definition) is 0. The molecule has 0 fully saturated rings. The largest absolute Gasteiger partial charge is 0.433 e. The molecule has 2 rings (SSSR count). The molecule has 2 heterocycles. The van der Waals surface area contributed by atoms with E-state index in [-0.39, 0.29) is 5.88 Å². The number of rotatable bonds is 3. The summed E-state index contributed by atoms with van der Waals surface area (Å²) in [6.07, 6.45) is 0. The number of alkyl halides is 1. The molecule has 2 aromatic rings. The molecular formula is C10H7Cl2NO3S. The Hall–Kier alpha value is -1.04. The van der Waals surface area contributed by atoms with Crippen molar-refractivity contribution in [1.29, 1.82) is 0 Å². The summed E-state index contributed by atoms with van der Waals surface area (Å²) in [6, 6.07) is 4.63. The summed E-state index contributed by atoms with van der Waals surface area (Å²) in [5.74, 6) is 0.0290. The molecule has 0 spiro atoms. The van der Waals surface area contributed by atoms with Crippen LogP contribution < -0.4 is 0 Å². The maximum absolute atomic E-state index is 10.5. The summed E-state index contributed by atoms with van der Waals surface area (Å²) in [6.45, 7) is 1.87. The van der Waals surface area contributed by atoms with Gasteiger partial charge in [-0.2, -0.15) is 0 Å². The average Bonchev–Trinajstić information content (AvgIpc) is 2.86. The molecule has 1 atom stereocenters. The third kappa shape index (κ3) is 2.46. The van der Waals surface area contributed by atoms with Crippen LogP contribution in [0.3, 0.4) is 0 Å². The molecule has 17 heavy (non-hydrogen) atoms. The zero-order valence-electron chi connectivity index (χ0n) is 8.65. The molecule has 2 aromatic heterocycles. The van der Waals surface area contributed by atoms with Crippen molar-refractivity contribution in [3.05, 3.63) is 48.9 Å². The van der Waals surface area contributed by atoms with Crippen molar-refractivity contribution in [2.75, 3.05) is 0 Å². The van der Waals surface area contributed by atoms with Crippen molar-refractivity contribution in [1.82, 2.24) is 0 Å². The third-order valence-electron chi connectivity index (χ3n) is 2.17. The van der Waals surface area contributed by atoms with Gasteiger partial charge in [-0.3, -0.25) is 10.1 Å². The number of furan rings is 1. The van der Waals surface area contributed by atoms with Crippen LogP contribution in [0.1, 0.15) is 21.6 Å². The van der Waals surface area contributed by atoms with Crippen molar-refractivity contribution in [3.63, 3.8) is 0 Å². The van der Waals surface area contributed by atoms with Gasteiger partial charge >= 0.3 is 5.88 Å². The van der Waals surface area contributed by atoms with Gasteiger partial charge in [0.15, 0.2) is 0 Å². The van der Waals surface area contributed by atoms with Gasteiger partial charge in [-0.15, -0.1) is 22.9 Å². The van der Waals surface area contributed by atoms with Gasteiger partial charge in [0.1, 0.15) is 16.1 Å². The second-order valence-corrected chi connectivity index (χ2v) is 5.52. The highest BCUT2D eigenvalue weighted by Gasteiger charge is 2.21. The quantitative estimate of drug-likeness (QED) is 0.474. The van der Waals surface area contributed by atoms with E-state index in [2.05, 4.69) is 0 Å². The minimum absolute atomic E-state index is 0.315. The zero-order chi connectivity index (χ0) is 12.6. The number of nitro groups is 1. The van der Waals surface area contributed by atoms with E-state index in [0.29, 0.717) is 10.1 Å². The smallest absolute Gasteiger partial charge is 0.404 e. The van der Waals surface area contributed by atoms with Gasteiger partial charge in [0.05, 0.1) is 10.4 Å². The van der Waals surface area contributed by atoms with Crippen LogP contribution in [0.4, 0.5) is 5.88 Å². The molecule has 90 valence electrons. The number of nitrogens with zero attached hydrogens (tertiary/aromatic N) is 1. The van der Waals surface area contributed by atoms with Crippen LogP contribution in [-0.2, 0) is 0 Å². The molecule has 0 saturated heterocycles. The van der Waals surface area contributed by atoms with Gasteiger partial charge in [-0.1, -0.05) is 11.6 Å². The first-order valence-electron chi connectivity index (χ1n) is 4.63. The fourth-order valence-corrected chi connectivity index (χ4v) is 2.84. The molecule has 0 N–H and O–H groups in total. The SMILES string of the molecule is Cc1cc(C(Cl)c2ccc([N+](=O)[O-])o2)sc1Cl. The molecular weight excluding hydrogens is 285 g/mol. The Morgan fingerprint density at radius 2 is 2.24 bits per heavy atom. The minimum Gasteiger partial charge on any atom is -0.404 e. The van der Waals surface area contributed by atoms with Crippen LogP contribution in [0.25, 0.3) is 0 Å².